The molecule has 1 N–H and O–H groups in total. The number of methoxy groups -OCH3 is 1. The molecule has 4 aliphatic rings. The normalized spacial score (nSPS) is 30.2. The Bertz CT molecular complexity index is 823. The van der Waals surface area contributed by atoms with Crippen LogP contribution in [-0.2, 0) is 6.73 Å². The summed E-state index contributed by atoms with van der Waals surface area (Å²) in [4.78, 5) is 12.8. The summed E-state index contributed by atoms with van der Waals surface area (Å²) in [6.07, 6.45) is 9.33. The van der Waals surface area contributed by atoms with Crippen molar-refractivity contribution in [3.8, 4) is 11.5 Å². The number of aromatic nitrogens is 2. The SMILES string of the molecule is COc1ccc(OCn2ccc(C(=O)NC34CC5CC(CC(C5)C3)C4)n2)cc1. The minimum absolute atomic E-state index is 0.00913. The Labute approximate surface area is 165 Å². The lowest BCUT2D eigenvalue weighted by Crippen LogP contribution is -2.59. The third-order valence-electron chi connectivity index (χ3n) is 6.71. The first kappa shape index (κ1) is 17.6. The monoisotopic (exact) mass is 381 g/mol. The van der Waals surface area contributed by atoms with E-state index in [-0.39, 0.29) is 18.2 Å². The van der Waals surface area contributed by atoms with Gasteiger partial charge < -0.3 is 14.8 Å². The summed E-state index contributed by atoms with van der Waals surface area (Å²) in [5.41, 5.74) is 0.476. The van der Waals surface area contributed by atoms with E-state index in [1.165, 1.54) is 19.3 Å². The molecule has 4 aliphatic carbocycles. The Morgan fingerprint density at radius 2 is 1.68 bits per heavy atom. The standard InChI is InChI=1S/C22H27N3O3/c1-27-18-2-4-19(5-3-18)28-14-25-7-6-20(24-25)21(26)23-22-11-15-8-16(12-22)10-17(9-15)13-22/h2-7,15-17H,8-14H2,1H3,(H,23,26). The number of rotatable bonds is 6. The quantitative estimate of drug-likeness (QED) is 0.830. The van der Waals surface area contributed by atoms with Crippen molar-refractivity contribution >= 4 is 5.91 Å². The summed E-state index contributed by atoms with van der Waals surface area (Å²) in [5, 5.41) is 7.78. The van der Waals surface area contributed by atoms with Crippen LogP contribution in [0, 0.1) is 17.8 Å². The molecule has 148 valence electrons. The molecular weight excluding hydrogens is 354 g/mol. The van der Waals surface area contributed by atoms with Gasteiger partial charge in [0.15, 0.2) is 6.73 Å². The third-order valence-corrected chi connectivity index (χ3v) is 6.71. The van der Waals surface area contributed by atoms with Crippen molar-refractivity contribution < 1.29 is 14.3 Å². The van der Waals surface area contributed by atoms with Gasteiger partial charge in [0.1, 0.15) is 17.2 Å². The maximum absolute atomic E-state index is 12.8. The Kier molecular flexibility index (Phi) is 4.29. The molecule has 6 rings (SSSR count). The maximum atomic E-state index is 12.8. The van der Waals surface area contributed by atoms with Gasteiger partial charge in [-0.3, -0.25) is 4.79 Å². The fraction of sp³-hybridized carbons (Fsp3) is 0.545. The van der Waals surface area contributed by atoms with Gasteiger partial charge in [0.05, 0.1) is 7.11 Å². The lowest BCUT2D eigenvalue weighted by molar-refractivity contribution is -0.0168. The third kappa shape index (κ3) is 3.36. The molecule has 1 heterocycles. The van der Waals surface area contributed by atoms with Crippen molar-refractivity contribution in [2.24, 2.45) is 17.8 Å². The zero-order valence-electron chi connectivity index (χ0n) is 16.3. The maximum Gasteiger partial charge on any atom is 0.272 e. The first-order chi connectivity index (χ1) is 13.6. The van der Waals surface area contributed by atoms with Gasteiger partial charge >= 0.3 is 0 Å². The highest BCUT2D eigenvalue weighted by Gasteiger charge is 2.51. The summed E-state index contributed by atoms with van der Waals surface area (Å²) < 4.78 is 12.5. The minimum Gasteiger partial charge on any atom is -0.497 e. The molecule has 0 spiro atoms. The van der Waals surface area contributed by atoms with Crippen LogP contribution in [-0.4, -0.2) is 28.3 Å². The van der Waals surface area contributed by atoms with Crippen molar-refractivity contribution in [2.45, 2.75) is 50.8 Å². The minimum atomic E-state index is -0.0508. The molecule has 0 saturated heterocycles. The molecule has 6 heteroatoms. The Hall–Kier alpha value is -2.50. The number of nitrogens with zero attached hydrogens (tertiary/aromatic N) is 2. The Balaban J connectivity index is 1.20. The van der Waals surface area contributed by atoms with Crippen molar-refractivity contribution in [2.75, 3.05) is 7.11 Å². The van der Waals surface area contributed by atoms with Crippen molar-refractivity contribution in [1.29, 1.82) is 0 Å². The molecule has 1 aromatic carbocycles. The molecule has 6 nitrogen and oxygen atoms in total. The van der Waals surface area contributed by atoms with Crippen LogP contribution in [0.15, 0.2) is 36.5 Å². The molecule has 1 aromatic heterocycles. The fourth-order valence-corrected chi connectivity index (χ4v) is 5.94. The highest BCUT2D eigenvalue weighted by molar-refractivity contribution is 5.92. The van der Waals surface area contributed by atoms with Crippen LogP contribution >= 0.6 is 0 Å². The molecule has 4 fully saturated rings. The molecule has 0 radical (unpaired) electrons. The van der Waals surface area contributed by atoms with E-state index >= 15 is 0 Å². The molecule has 0 atom stereocenters. The lowest BCUT2D eigenvalue weighted by Gasteiger charge is -2.56. The van der Waals surface area contributed by atoms with Gasteiger partial charge in [-0.15, -0.1) is 0 Å². The van der Waals surface area contributed by atoms with E-state index in [4.69, 9.17) is 9.47 Å². The number of hydrogen-bond donors (Lipinski definition) is 1. The first-order valence-corrected chi connectivity index (χ1v) is 10.2. The van der Waals surface area contributed by atoms with Crippen molar-refractivity contribution in [3.05, 3.63) is 42.2 Å². The van der Waals surface area contributed by atoms with Gasteiger partial charge in [-0.1, -0.05) is 0 Å². The van der Waals surface area contributed by atoms with E-state index in [1.54, 1.807) is 24.1 Å². The summed E-state index contributed by atoms with van der Waals surface area (Å²) in [6, 6.07) is 9.17. The largest absolute Gasteiger partial charge is 0.497 e. The average molecular weight is 381 g/mol. The summed E-state index contributed by atoms with van der Waals surface area (Å²) in [7, 11) is 1.63. The van der Waals surface area contributed by atoms with Crippen LogP contribution in [0.1, 0.15) is 49.0 Å². The highest BCUT2D eigenvalue weighted by Crippen LogP contribution is 2.55. The predicted octanol–water partition coefficient (Wildman–Crippen LogP) is 3.63. The van der Waals surface area contributed by atoms with Gasteiger partial charge in [0.2, 0.25) is 0 Å². The van der Waals surface area contributed by atoms with Crippen molar-refractivity contribution in [3.63, 3.8) is 0 Å². The molecule has 0 unspecified atom stereocenters. The van der Waals surface area contributed by atoms with Gasteiger partial charge in [-0.2, -0.15) is 5.10 Å². The van der Waals surface area contributed by atoms with Gasteiger partial charge in [-0.25, -0.2) is 4.68 Å². The van der Waals surface area contributed by atoms with Gasteiger partial charge in [0.25, 0.3) is 5.91 Å². The predicted molar refractivity (Wildman–Crippen MR) is 104 cm³/mol. The number of ether oxygens (including phenoxy) is 2. The number of benzene rings is 1. The van der Waals surface area contributed by atoms with Crippen LogP contribution in [0.25, 0.3) is 0 Å². The van der Waals surface area contributed by atoms with E-state index in [0.717, 1.165) is 48.5 Å². The van der Waals surface area contributed by atoms with Crippen LogP contribution in [0.2, 0.25) is 0 Å². The number of carbonyl (C=O) groups is 1. The van der Waals surface area contributed by atoms with E-state index in [9.17, 15) is 4.79 Å². The molecular formula is C22H27N3O3. The van der Waals surface area contributed by atoms with Crippen LogP contribution in [0.3, 0.4) is 0 Å². The summed E-state index contributed by atoms with van der Waals surface area (Å²) >= 11 is 0. The van der Waals surface area contributed by atoms with E-state index in [1.807, 2.05) is 24.3 Å². The molecule has 4 bridgehead atoms. The van der Waals surface area contributed by atoms with E-state index in [2.05, 4.69) is 10.4 Å². The molecule has 0 aliphatic heterocycles. The van der Waals surface area contributed by atoms with E-state index < -0.39 is 0 Å². The van der Waals surface area contributed by atoms with Crippen molar-refractivity contribution in [1.82, 2.24) is 15.1 Å². The summed E-state index contributed by atoms with van der Waals surface area (Å²) in [6.45, 7) is 0.261. The van der Waals surface area contributed by atoms with Gasteiger partial charge in [0, 0.05) is 11.7 Å². The second-order valence-electron chi connectivity index (χ2n) is 8.84. The Morgan fingerprint density at radius 3 is 2.29 bits per heavy atom. The number of nitrogens with one attached hydrogen (secondary N) is 1. The molecule has 4 saturated carbocycles. The zero-order chi connectivity index (χ0) is 19.1. The fourth-order valence-electron chi connectivity index (χ4n) is 5.94. The van der Waals surface area contributed by atoms with Gasteiger partial charge in [-0.05, 0) is 86.6 Å². The average Bonchev–Trinajstić information content (AvgIpc) is 3.14. The number of carbonyl (C=O) groups excluding carboxylic acids is 1. The molecule has 28 heavy (non-hydrogen) atoms. The van der Waals surface area contributed by atoms with E-state index in [0.29, 0.717) is 5.69 Å². The van der Waals surface area contributed by atoms with Crippen LogP contribution < -0.4 is 14.8 Å². The van der Waals surface area contributed by atoms with Crippen LogP contribution in [0.5, 0.6) is 11.5 Å². The molecule has 2 aromatic rings. The lowest BCUT2D eigenvalue weighted by atomic mass is 9.53. The summed E-state index contributed by atoms with van der Waals surface area (Å²) in [5.74, 6) is 3.89. The topological polar surface area (TPSA) is 65.4 Å². The second-order valence-corrected chi connectivity index (χ2v) is 8.84. The van der Waals surface area contributed by atoms with Crippen LogP contribution in [0.4, 0.5) is 0 Å². The Morgan fingerprint density at radius 1 is 1.07 bits per heavy atom. The second kappa shape index (κ2) is 6.83. The smallest absolute Gasteiger partial charge is 0.272 e. The number of amides is 1. The molecule has 1 amide bonds. The zero-order valence-corrected chi connectivity index (χ0v) is 16.3. The first-order valence-electron chi connectivity index (χ1n) is 10.2. The highest BCUT2D eigenvalue weighted by atomic mass is 16.5. The number of hydrogen-bond acceptors (Lipinski definition) is 4.